The van der Waals surface area contributed by atoms with Crippen molar-refractivity contribution in [1.82, 2.24) is 19.1 Å². The predicted octanol–water partition coefficient (Wildman–Crippen LogP) is 3.09. The van der Waals surface area contributed by atoms with Crippen molar-refractivity contribution in [2.75, 3.05) is 24.3 Å². The molecule has 0 amide bonds. The number of hydrogen-bond donors (Lipinski definition) is 1. The topological polar surface area (TPSA) is 63.3 Å². The number of imidazole rings is 2. The third-order valence-corrected chi connectivity index (χ3v) is 4.09. The molecule has 0 unspecified atom stereocenters. The van der Waals surface area contributed by atoms with Gasteiger partial charge in [0.05, 0.1) is 36.7 Å². The molecule has 7 heteroatoms. The van der Waals surface area contributed by atoms with Crippen LogP contribution in [0.3, 0.4) is 0 Å². The van der Waals surface area contributed by atoms with E-state index in [4.69, 9.17) is 0 Å². The molecule has 0 saturated carbocycles. The molecule has 2 aromatic heterocycles. The van der Waals surface area contributed by atoms with Crippen LogP contribution in [0, 0.1) is 0 Å². The zero-order valence-corrected chi connectivity index (χ0v) is 15.3. The zero-order chi connectivity index (χ0) is 18.5. The summed E-state index contributed by atoms with van der Waals surface area (Å²) >= 11 is 0. The van der Waals surface area contributed by atoms with Crippen LogP contribution in [-0.2, 0) is 13.6 Å². The van der Waals surface area contributed by atoms with E-state index in [0.717, 1.165) is 28.6 Å². The number of benzene rings is 1. The third-order valence-electron chi connectivity index (χ3n) is 4.09. The number of aromatic nitrogens is 4. The molecule has 0 aliphatic rings. The molecule has 3 aromatic rings. The summed E-state index contributed by atoms with van der Waals surface area (Å²) in [6.07, 6.45) is 8.94. The first-order valence-corrected chi connectivity index (χ1v) is 8.26. The van der Waals surface area contributed by atoms with Crippen LogP contribution in [-0.4, -0.2) is 39.9 Å². The zero-order valence-electron chi connectivity index (χ0n) is 15.3. The predicted molar refractivity (Wildman–Crippen MR) is 107 cm³/mol. The van der Waals surface area contributed by atoms with Gasteiger partial charge < -0.3 is 14.8 Å². The summed E-state index contributed by atoms with van der Waals surface area (Å²) in [5.41, 5.74) is 4.11. The lowest BCUT2D eigenvalue weighted by Gasteiger charge is -2.14. The Bertz CT molecular complexity index is 918. The Morgan fingerprint density at radius 1 is 1.27 bits per heavy atom. The highest BCUT2D eigenvalue weighted by Gasteiger charge is 2.12. The van der Waals surface area contributed by atoms with Gasteiger partial charge >= 0.3 is 0 Å². The Balaban J connectivity index is 1.87. The van der Waals surface area contributed by atoms with Crippen LogP contribution in [0.1, 0.15) is 5.82 Å². The lowest BCUT2D eigenvalue weighted by Crippen LogP contribution is -2.10. The van der Waals surface area contributed by atoms with E-state index < -0.39 is 0 Å². The molecule has 0 aliphatic heterocycles. The Morgan fingerprint density at radius 3 is 2.81 bits per heavy atom. The van der Waals surface area contributed by atoms with Crippen molar-refractivity contribution in [3.05, 3.63) is 55.0 Å². The number of aliphatic imine (C=N–C) groups is 1. The van der Waals surface area contributed by atoms with E-state index in [0.29, 0.717) is 6.54 Å². The summed E-state index contributed by atoms with van der Waals surface area (Å²) < 4.78 is 3.95. The van der Waals surface area contributed by atoms with Crippen LogP contribution in [0.15, 0.2) is 54.2 Å². The molecule has 2 heterocycles. The molecular weight excluding hydrogens is 326 g/mol. The van der Waals surface area contributed by atoms with Gasteiger partial charge in [-0.1, -0.05) is 6.07 Å². The van der Waals surface area contributed by atoms with Crippen molar-refractivity contribution in [3.8, 4) is 11.4 Å². The SMILES string of the molecule is C=N/C=C\n1c(-c2cncn2C)cnc1CNc1cccc(N(C)C)c1. The maximum absolute atomic E-state index is 4.57. The number of hydrogen-bond acceptors (Lipinski definition) is 5. The quantitative estimate of drug-likeness (QED) is 0.666. The molecule has 0 spiro atoms. The molecule has 1 N–H and O–H groups in total. The lowest BCUT2D eigenvalue weighted by molar-refractivity contribution is 0.897. The lowest BCUT2D eigenvalue weighted by atomic mass is 10.2. The number of nitrogens with one attached hydrogen (secondary N) is 1. The average molecular weight is 349 g/mol. The highest BCUT2D eigenvalue weighted by molar-refractivity contribution is 5.60. The van der Waals surface area contributed by atoms with Crippen LogP contribution < -0.4 is 10.2 Å². The molecule has 134 valence electrons. The van der Waals surface area contributed by atoms with Crippen LogP contribution in [0.2, 0.25) is 0 Å². The van der Waals surface area contributed by atoms with Crippen molar-refractivity contribution >= 4 is 24.3 Å². The second-order valence-electron chi connectivity index (χ2n) is 6.10. The fraction of sp³-hybridized carbons (Fsp3) is 0.211. The van der Waals surface area contributed by atoms with Crippen LogP contribution in [0.5, 0.6) is 0 Å². The molecule has 26 heavy (non-hydrogen) atoms. The highest BCUT2D eigenvalue weighted by atomic mass is 15.1. The molecule has 0 saturated heterocycles. The highest BCUT2D eigenvalue weighted by Crippen LogP contribution is 2.22. The molecule has 0 bridgehead atoms. The van der Waals surface area contributed by atoms with Gasteiger partial charge in [-0.2, -0.15) is 0 Å². The minimum atomic E-state index is 0.580. The number of anilines is 2. The van der Waals surface area contributed by atoms with Gasteiger partial charge in [-0.3, -0.25) is 9.56 Å². The van der Waals surface area contributed by atoms with Gasteiger partial charge in [0.2, 0.25) is 0 Å². The molecule has 3 rings (SSSR count). The first-order valence-electron chi connectivity index (χ1n) is 8.26. The fourth-order valence-electron chi connectivity index (χ4n) is 2.68. The summed E-state index contributed by atoms with van der Waals surface area (Å²) in [6, 6.07) is 8.26. The van der Waals surface area contributed by atoms with Crippen LogP contribution >= 0.6 is 0 Å². The largest absolute Gasteiger partial charge is 0.378 e. The Labute approximate surface area is 153 Å². The molecule has 0 aliphatic carbocycles. The summed E-state index contributed by atoms with van der Waals surface area (Å²) in [7, 11) is 6.01. The molecule has 0 fully saturated rings. The molecular formula is C19H23N7. The van der Waals surface area contributed by atoms with E-state index in [1.165, 1.54) is 0 Å². The van der Waals surface area contributed by atoms with Crippen molar-refractivity contribution < 1.29 is 0 Å². The van der Waals surface area contributed by atoms with Crippen molar-refractivity contribution in [2.45, 2.75) is 6.54 Å². The summed E-state index contributed by atoms with van der Waals surface area (Å²) in [4.78, 5) is 14.7. The summed E-state index contributed by atoms with van der Waals surface area (Å²) in [6.45, 7) is 4.09. The van der Waals surface area contributed by atoms with Crippen molar-refractivity contribution in [1.29, 1.82) is 0 Å². The van der Waals surface area contributed by atoms with Gasteiger partial charge in [-0.25, -0.2) is 9.97 Å². The van der Waals surface area contributed by atoms with Gasteiger partial charge in [-0.15, -0.1) is 0 Å². The second kappa shape index (κ2) is 7.69. The molecule has 1 aromatic carbocycles. The van der Waals surface area contributed by atoms with Gasteiger partial charge in [0.25, 0.3) is 0 Å². The first-order chi connectivity index (χ1) is 12.6. The Morgan fingerprint density at radius 2 is 2.12 bits per heavy atom. The molecule has 7 nitrogen and oxygen atoms in total. The number of aryl methyl sites for hydroxylation is 1. The van der Waals surface area contributed by atoms with E-state index in [-0.39, 0.29) is 0 Å². The minimum absolute atomic E-state index is 0.580. The normalized spacial score (nSPS) is 11.0. The first kappa shape index (κ1) is 17.5. The number of nitrogens with zero attached hydrogens (tertiary/aromatic N) is 6. The minimum Gasteiger partial charge on any atom is -0.378 e. The maximum atomic E-state index is 4.57. The van der Waals surface area contributed by atoms with E-state index in [1.54, 1.807) is 12.5 Å². The van der Waals surface area contributed by atoms with Gasteiger partial charge in [0.1, 0.15) is 5.82 Å². The number of rotatable bonds is 7. The third kappa shape index (κ3) is 3.66. The summed E-state index contributed by atoms with van der Waals surface area (Å²) in [5.74, 6) is 0.872. The fourth-order valence-corrected chi connectivity index (χ4v) is 2.68. The second-order valence-corrected chi connectivity index (χ2v) is 6.10. The van der Waals surface area contributed by atoms with E-state index in [1.807, 2.05) is 61.0 Å². The van der Waals surface area contributed by atoms with Gasteiger partial charge in [0, 0.05) is 44.9 Å². The summed E-state index contributed by atoms with van der Waals surface area (Å²) in [5, 5.41) is 3.43. The van der Waals surface area contributed by atoms with Gasteiger partial charge in [0.15, 0.2) is 0 Å². The Kier molecular flexibility index (Phi) is 5.17. The maximum Gasteiger partial charge on any atom is 0.132 e. The average Bonchev–Trinajstić information content (AvgIpc) is 3.23. The van der Waals surface area contributed by atoms with Crippen LogP contribution in [0.4, 0.5) is 11.4 Å². The monoisotopic (exact) mass is 349 g/mol. The van der Waals surface area contributed by atoms with E-state index in [2.05, 4.69) is 44.0 Å². The molecule has 0 atom stereocenters. The van der Waals surface area contributed by atoms with E-state index >= 15 is 0 Å². The smallest absolute Gasteiger partial charge is 0.132 e. The van der Waals surface area contributed by atoms with Crippen molar-refractivity contribution in [3.63, 3.8) is 0 Å². The van der Waals surface area contributed by atoms with Crippen molar-refractivity contribution in [2.24, 2.45) is 12.0 Å². The molecule has 0 radical (unpaired) electrons. The van der Waals surface area contributed by atoms with Gasteiger partial charge in [-0.05, 0) is 24.9 Å². The van der Waals surface area contributed by atoms with E-state index in [9.17, 15) is 0 Å². The Hall–Kier alpha value is -3.35. The van der Waals surface area contributed by atoms with Crippen LogP contribution in [0.25, 0.3) is 17.6 Å². The standard InChI is InChI=1S/C19H23N7/c1-20-8-9-26-18(17-11-21-14-25(17)4)12-23-19(26)13-22-15-6-5-7-16(10-15)24(2)3/h5-12,14,22H,1,13H2,2-4H3/b9-8-.